The van der Waals surface area contributed by atoms with Gasteiger partial charge in [-0.3, -0.25) is 9.78 Å². The first-order chi connectivity index (χ1) is 11.8. The van der Waals surface area contributed by atoms with Gasteiger partial charge in [0.1, 0.15) is 24.3 Å². The van der Waals surface area contributed by atoms with Gasteiger partial charge in [0.05, 0.1) is 0 Å². The monoisotopic (exact) mass is 360 g/mol. The lowest BCUT2D eigenvalue weighted by molar-refractivity contribution is -0.246. The Bertz CT molecular complexity index is 708. The molecule has 5 N–H and O–H groups in total. The van der Waals surface area contributed by atoms with Gasteiger partial charge in [0.2, 0.25) is 11.5 Å². The summed E-state index contributed by atoms with van der Waals surface area (Å²) in [4.78, 5) is 45.9. The Labute approximate surface area is 138 Å². The van der Waals surface area contributed by atoms with E-state index in [9.17, 15) is 34.8 Å². The highest BCUT2D eigenvalue weighted by Gasteiger charge is 2.34. The minimum atomic E-state index is -1.75. The van der Waals surface area contributed by atoms with E-state index in [0.717, 1.165) is 6.08 Å². The van der Waals surface area contributed by atoms with Crippen molar-refractivity contribution in [1.29, 1.82) is 0 Å². The number of carbonyl (C=O) groups is 3. The summed E-state index contributed by atoms with van der Waals surface area (Å²) in [6.07, 6.45) is 0.874. The van der Waals surface area contributed by atoms with Crippen molar-refractivity contribution < 1.29 is 59.5 Å². The molecule has 0 aliphatic heterocycles. The number of esters is 1. The number of phenolic OH excluding ortho intramolecular Hbond substituents is 4. The lowest BCUT2D eigenvalue weighted by Crippen LogP contribution is -2.16. The van der Waals surface area contributed by atoms with Gasteiger partial charge < -0.3 is 25.2 Å². The molecule has 0 aromatic heterocycles. The zero-order valence-electron chi connectivity index (χ0n) is 12.3. The van der Waals surface area contributed by atoms with Crippen molar-refractivity contribution in [3.63, 3.8) is 0 Å². The fourth-order valence-corrected chi connectivity index (χ4v) is 1.51. The molecular weight excluding hydrogens is 348 g/mol. The SMILES string of the molecule is C=CC(=O)OCCOOC(=O)c1c(O)c(O)c(O)c(O)c1C(=O)OO. The molecule has 0 atom stereocenters. The Morgan fingerprint density at radius 3 is 1.88 bits per heavy atom. The molecular formula is C13H12O12. The molecule has 0 aliphatic rings. The number of carbonyl (C=O) groups excluding carboxylic acids is 3. The summed E-state index contributed by atoms with van der Waals surface area (Å²) in [6.45, 7) is 2.33. The summed E-state index contributed by atoms with van der Waals surface area (Å²) in [7, 11) is 0. The van der Waals surface area contributed by atoms with Crippen LogP contribution in [0, 0.1) is 0 Å². The van der Waals surface area contributed by atoms with Crippen molar-refractivity contribution in [3.05, 3.63) is 23.8 Å². The topological polar surface area (TPSA) is 189 Å². The van der Waals surface area contributed by atoms with Gasteiger partial charge in [0.25, 0.3) is 0 Å². The number of rotatable bonds is 7. The van der Waals surface area contributed by atoms with E-state index in [0.29, 0.717) is 0 Å². The Morgan fingerprint density at radius 2 is 1.40 bits per heavy atom. The highest BCUT2D eigenvalue weighted by molar-refractivity contribution is 6.08. The van der Waals surface area contributed by atoms with Gasteiger partial charge >= 0.3 is 17.9 Å². The molecule has 1 aromatic carbocycles. The van der Waals surface area contributed by atoms with E-state index in [-0.39, 0.29) is 6.61 Å². The maximum Gasteiger partial charge on any atom is 0.377 e. The summed E-state index contributed by atoms with van der Waals surface area (Å²) in [5, 5.41) is 46.4. The fourth-order valence-electron chi connectivity index (χ4n) is 1.51. The van der Waals surface area contributed by atoms with E-state index in [1.807, 2.05) is 0 Å². The Kier molecular flexibility index (Phi) is 6.54. The smallest absolute Gasteiger partial charge is 0.377 e. The predicted octanol–water partition coefficient (Wildman–Crippen LogP) is -0.0436. The van der Waals surface area contributed by atoms with Crippen LogP contribution in [-0.2, 0) is 24.2 Å². The van der Waals surface area contributed by atoms with Gasteiger partial charge in [-0.1, -0.05) is 6.58 Å². The summed E-state index contributed by atoms with van der Waals surface area (Å²) in [5.41, 5.74) is -2.38. The van der Waals surface area contributed by atoms with Crippen LogP contribution in [0.1, 0.15) is 20.7 Å². The number of benzene rings is 1. The molecule has 12 nitrogen and oxygen atoms in total. The van der Waals surface area contributed by atoms with Gasteiger partial charge in [-0.2, -0.15) is 10.1 Å². The number of aromatic hydroxyl groups is 4. The lowest BCUT2D eigenvalue weighted by atomic mass is 10.0. The molecule has 0 unspecified atom stereocenters. The van der Waals surface area contributed by atoms with Crippen LogP contribution in [0.25, 0.3) is 0 Å². The van der Waals surface area contributed by atoms with E-state index in [1.165, 1.54) is 0 Å². The van der Waals surface area contributed by atoms with Crippen LogP contribution in [0.5, 0.6) is 23.0 Å². The number of hydrogen-bond acceptors (Lipinski definition) is 12. The molecule has 136 valence electrons. The Hall–Kier alpha value is -3.51. The molecule has 0 aliphatic carbocycles. The molecule has 0 fully saturated rings. The largest absolute Gasteiger partial charge is 0.504 e. The van der Waals surface area contributed by atoms with Crippen molar-refractivity contribution in [1.82, 2.24) is 0 Å². The second-order valence-electron chi connectivity index (χ2n) is 4.09. The molecule has 1 rings (SSSR count). The minimum Gasteiger partial charge on any atom is -0.504 e. The number of hydrogen-bond donors (Lipinski definition) is 5. The third kappa shape index (κ3) is 4.27. The molecule has 0 spiro atoms. The van der Waals surface area contributed by atoms with E-state index in [2.05, 4.69) is 26.0 Å². The fraction of sp³-hybridized carbons (Fsp3) is 0.154. The highest BCUT2D eigenvalue weighted by Crippen LogP contribution is 2.47. The average Bonchev–Trinajstić information content (AvgIpc) is 2.61. The van der Waals surface area contributed by atoms with Crippen molar-refractivity contribution >= 4 is 17.9 Å². The van der Waals surface area contributed by atoms with Gasteiger partial charge in [0, 0.05) is 6.08 Å². The molecule has 25 heavy (non-hydrogen) atoms. The first kappa shape index (κ1) is 19.5. The summed E-state index contributed by atoms with van der Waals surface area (Å²) >= 11 is 0. The Balaban J connectivity index is 2.99. The van der Waals surface area contributed by atoms with Crippen LogP contribution < -0.4 is 0 Å². The van der Waals surface area contributed by atoms with Crippen molar-refractivity contribution in [3.8, 4) is 23.0 Å². The van der Waals surface area contributed by atoms with E-state index in [4.69, 9.17) is 5.26 Å². The maximum absolute atomic E-state index is 11.9. The van der Waals surface area contributed by atoms with Gasteiger partial charge in [-0.25, -0.2) is 14.4 Å². The quantitative estimate of drug-likeness (QED) is 0.0830. The van der Waals surface area contributed by atoms with Gasteiger partial charge in [-0.15, -0.1) is 0 Å². The van der Waals surface area contributed by atoms with E-state index in [1.54, 1.807) is 0 Å². The van der Waals surface area contributed by atoms with Crippen LogP contribution in [0.3, 0.4) is 0 Å². The third-order valence-corrected chi connectivity index (χ3v) is 2.60. The number of phenols is 4. The van der Waals surface area contributed by atoms with Gasteiger partial charge in [-0.05, 0) is 0 Å². The molecule has 0 saturated carbocycles. The van der Waals surface area contributed by atoms with Gasteiger partial charge in [0.15, 0.2) is 11.5 Å². The summed E-state index contributed by atoms with van der Waals surface area (Å²) in [6, 6.07) is 0. The highest BCUT2D eigenvalue weighted by atomic mass is 17.2. The van der Waals surface area contributed by atoms with Crippen molar-refractivity contribution in [2.45, 2.75) is 0 Å². The third-order valence-electron chi connectivity index (χ3n) is 2.60. The second-order valence-corrected chi connectivity index (χ2v) is 4.09. The summed E-state index contributed by atoms with van der Waals surface area (Å²) in [5.74, 6) is -9.57. The first-order valence-corrected chi connectivity index (χ1v) is 6.24. The minimum absolute atomic E-state index is 0.346. The normalized spacial score (nSPS) is 9.96. The summed E-state index contributed by atoms with van der Waals surface area (Å²) < 4.78 is 4.49. The molecule has 1 aromatic rings. The zero-order chi connectivity index (χ0) is 19.1. The molecule has 0 amide bonds. The standard InChI is InChI=1S/C13H12O12/c1-2-5(14)22-3-4-23-25-13(20)7-6(12(19)24-21)8(15)10(17)11(18)9(7)16/h2,15-18,21H,1,3-4H2. The molecule has 12 heteroatoms. The molecule has 0 bridgehead atoms. The van der Waals surface area contributed by atoms with Crippen LogP contribution in [0.4, 0.5) is 0 Å². The predicted molar refractivity (Wildman–Crippen MR) is 73.7 cm³/mol. The van der Waals surface area contributed by atoms with Crippen LogP contribution in [-0.4, -0.2) is 56.8 Å². The Morgan fingerprint density at radius 1 is 0.880 bits per heavy atom. The van der Waals surface area contributed by atoms with E-state index < -0.39 is 58.6 Å². The van der Waals surface area contributed by atoms with E-state index >= 15 is 0 Å². The molecule has 0 heterocycles. The van der Waals surface area contributed by atoms with Crippen LogP contribution >= 0.6 is 0 Å². The molecule has 0 radical (unpaired) electrons. The number of ether oxygens (including phenoxy) is 1. The lowest BCUT2D eigenvalue weighted by Gasteiger charge is -2.12. The second kappa shape index (κ2) is 8.37. The zero-order valence-corrected chi connectivity index (χ0v) is 12.3. The average molecular weight is 360 g/mol. The van der Waals surface area contributed by atoms with Crippen molar-refractivity contribution in [2.24, 2.45) is 0 Å². The van der Waals surface area contributed by atoms with Crippen LogP contribution in [0.2, 0.25) is 0 Å². The maximum atomic E-state index is 11.9. The first-order valence-electron chi connectivity index (χ1n) is 6.24. The van der Waals surface area contributed by atoms with Crippen molar-refractivity contribution in [2.75, 3.05) is 13.2 Å². The molecule has 0 saturated heterocycles. The van der Waals surface area contributed by atoms with Crippen LogP contribution in [0.15, 0.2) is 12.7 Å².